The molecule has 0 saturated carbocycles. The fraction of sp³-hybridized carbons (Fsp3) is 0.471. The Morgan fingerprint density at radius 1 is 1.43 bits per heavy atom. The van der Waals surface area contributed by atoms with Crippen LogP contribution in [0.2, 0.25) is 0 Å². The molecule has 112 valence electrons. The number of imidazole rings is 1. The molecular formula is C17H23N3O. The molecule has 1 atom stereocenters. The van der Waals surface area contributed by atoms with E-state index in [-0.39, 0.29) is 0 Å². The Hall–Kier alpha value is -1.81. The van der Waals surface area contributed by atoms with E-state index in [1.165, 1.54) is 17.5 Å². The predicted molar refractivity (Wildman–Crippen MR) is 83.5 cm³/mol. The second-order valence-electron chi connectivity index (χ2n) is 5.48. The van der Waals surface area contributed by atoms with Crippen LogP contribution in [0.5, 0.6) is 5.75 Å². The highest BCUT2D eigenvalue weighted by atomic mass is 16.5. The van der Waals surface area contributed by atoms with Gasteiger partial charge in [0.05, 0.1) is 12.9 Å². The summed E-state index contributed by atoms with van der Waals surface area (Å²) in [6, 6.07) is 6.94. The topological polar surface area (TPSA) is 39.1 Å². The largest absolute Gasteiger partial charge is 0.493 e. The lowest BCUT2D eigenvalue weighted by molar-refractivity contribution is 0.299. The fourth-order valence-corrected chi connectivity index (χ4v) is 3.06. The lowest BCUT2D eigenvalue weighted by Crippen LogP contribution is -2.18. The monoisotopic (exact) mass is 285 g/mol. The van der Waals surface area contributed by atoms with Gasteiger partial charge >= 0.3 is 0 Å². The van der Waals surface area contributed by atoms with Crippen molar-refractivity contribution in [1.29, 1.82) is 0 Å². The quantitative estimate of drug-likeness (QED) is 0.795. The third-order valence-corrected chi connectivity index (χ3v) is 4.06. The highest BCUT2D eigenvalue weighted by Gasteiger charge is 2.24. The average molecular weight is 285 g/mol. The first kappa shape index (κ1) is 14.1. The molecule has 1 aliphatic carbocycles. The van der Waals surface area contributed by atoms with E-state index in [2.05, 4.69) is 40.0 Å². The number of nitrogens with one attached hydrogen (secondary N) is 1. The number of fused-ring (bicyclic) bond motifs is 1. The molecule has 1 heterocycles. The van der Waals surface area contributed by atoms with Gasteiger partial charge in [-0.3, -0.25) is 0 Å². The third kappa shape index (κ3) is 3.27. The van der Waals surface area contributed by atoms with Crippen molar-refractivity contribution in [1.82, 2.24) is 14.9 Å². The number of rotatable bonds is 7. The molecule has 0 saturated heterocycles. The Balaban J connectivity index is 1.56. The van der Waals surface area contributed by atoms with Crippen LogP contribution in [0, 0.1) is 0 Å². The summed E-state index contributed by atoms with van der Waals surface area (Å²) in [5.41, 5.74) is 2.81. The molecule has 1 N–H and O–H groups in total. The van der Waals surface area contributed by atoms with E-state index in [4.69, 9.17) is 4.74 Å². The Bertz CT molecular complexity index is 565. The smallest absolute Gasteiger partial charge is 0.122 e. The molecule has 1 aromatic carbocycles. The molecule has 3 rings (SSSR count). The van der Waals surface area contributed by atoms with E-state index in [0.717, 1.165) is 38.3 Å². The van der Waals surface area contributed by atoms with Gasteiger partial charge in [0.1, 0.15) is 5.75 Å². The minimum atomic E-state index is 0.500. The Morgan fingerprint density at radius 3 is 3.19 bits per heavy atom. The maximum atomic E-state index is 6.01. The molecule has 1 aromatic heterocycles. The molecule has 4 heteroatoms. The summed E-state index contributed by atoms with van der Waals surface area (Å²) in [5, 5.41) is 3.55. The second kappa shape index (κ2) is 6.76. The van der Waals surface area contributed by atoms with Crippen molar-refractivity contribution in [3.8, 4) is 5.75 Å². The number of aryl methyl sites for hydroxylation is 1. The number of nitrogens with zero attached hydrogens (tertiary/aromatic N) is 2. The van der Waals surface area contributed by atoms with E-state index in [1.807, 2.05) is 18.7 Å². The highest BCUT2D eigenvalue weighted by Crippen LogP contribution is 2.36. The zero-order valence-corrected chi connectivity index (χ0v) is 12.6. The van der Waals surface area contributed by atoms with Crippen molar-refractivity contribution >= 4 is 0 Å². The Kier molecular flexibility index (Phi) is 4.55. The standard InChI is InChI=1S/C17H23N3O/c1-2-19-16-8-7-15-14(16)5-3-6-17(15)21-12-4-10-20-11-9-18-13-20/h3,5-6,9,11,13,16,19H,2,4,7-8,10,12H2,1H3. The van der Waals surface area contributed by atoms with Crippen molar-refractivity contribution in [3.63, 3.8) is 0 Å². The number of hydrogen-bond donors (Lipinski definition) is 1. The van der Waals surface area contributed by atoms with Gasteiger partial charge in [0.25, 0.3) is 0 Å². The predicted octanol–water partition coefficient (Wildman–Crippen LogP) is 2.95. The number of hydrogen-bond acceptors (Lipinski definition) is 3. The molecule has 0 amide bonds. The van der Waals surface area contributed by atoms with E-state index in [0.29, 0.717) is 6.04 Å². The van der Waals surface area contributed by atoms with Gasteiger partial charge in [-0.2, -0.15) is 0 Å². The van der Waals surface area contributed by atoms with Crippen molar-refractivity contribution < 1.29 is 4.74 Å². The second-order valence-corrected chi connectivity index (χ2v) is 5.48. The van der Waals surface area contributed by atoms with Crippen LogP contribution in [-0.2, 0) is 13.0 Å². The molecule has 0 spiro atoms. The fourth-order valence-electron chi connectivity index (χ4n) is 3.06. The van der Waals surface area contributed by atoms with Gasteiger partial charge in [0, 0.05) is 25.0 Å². The van der Waals surface area contributed by atoms with E-state index in [1.54, 1.807) is 0 Å². The molecular weight excluding hydrogens is 262 g/mol. The van der Waals surface area contributed by atoms with E-state index >= 15 is 0 Å². The van der Waals surface area contributed by atoms with Crippen LogP contribution in [0.4, 0.5) is 0 Å². The van der Waals surface area contributed by atoms with Crippen LogP contribution in [-0.4, -0.2) is 22.7 Å². The van der Waals surface area contributed by atoms with Crippen LogP contribution in [0.1, 0.15) is 36.9 Å². The molecule has 4 nitrogen and oxygen atoms in total. The Labute approximate surface area is 126 Å². The highest BCUT2D eigenvalue weighted by molar-refractivity contribution is 5.45. The van der Waals surface area contributed by atoms with Gasteiger partial charge in [-0.1, -0.05) is 19.1 Å². The van der Waals surface area contributed by atoms with Crippen LogP contribution in [0.3, 0.4) is 0 Å². The molecule has 2 aromatic rings. The molecule has 0 aliphatic heterocycles. The summed E-state index contributed by atoms with van der Waals surface area (Å²) in [5.74, 6) is 1.07. The van der Waals surface area contributed by atoms with E-state index < -0.39 is 0 Å². The Morgan fingerprint density at radius 2 is 2.38 bits per heavy atom. The van der Waals surface area contributed by atoms with Crippen molar-refractivity contribution in [3.05, 3.63) is 48.0 Å². The zero-order chi connectivity index (χ0) is 14.5. The first-order valence-electron chi connectivity index (χ1n) is 7.82. The molecule has 0 fully saturated rings. The summed E-state index contributed by atoms with van der Waals surface area (Å²) in [6.45, 7) is 4.88. The molecule has 21 heavy (non-hydrogen) atoms. The number of aromatic nitrogens is 2. The lowest BCUT2D eigenvalue weighted by atomic mass is 10.1. The van der Waals surface area contributed by atoms with Crippen LogP contribution in [0.15, 0.2) is 36.9 Å². The van der Waals surface area contributed by atoms with Gasteiger partial charge < -0.3 is 14.6 Å². The maximum Gasteiger partial charge on any atom is 0.122 e. The van der Waals surface area contributed by atoms with Gasteiger partial charge in [-0.15, -0.1) is 0 Å². The maximum absolute atomic E-state index is 6.01. The van der Waals surface area contributed by atoms with Gasteiger partial charge in [0.2, 0.25) is 0 Å². The van der Waals surface area contributed by atoms with Crippen LogP contribution < -0.4 is 10.1 Å². The SMILES string of the molecule is CCNC1CCc2c(OCCCn3ccnc3)cccc21. The summed E-state index contributed by atoms with van der Waals surface area (Å²) in [4.78, 5) is 4.05. The van der Waals surface area contributed by atoms with Gasteiger partial charge in [0.15, 0.2) is 0 Å². The summed E-state index contributed by atoms with van der Waals surface area (Å²) < 4.78 is 8.10. The van der Waals surface area contributed by atoms with Crippen molar-refractivity contribution in [2.75, 3.05) is 13.2 Å². The van der Waals surface area contributed by atoms with Crippen molar-refractivity contribution in [2.24, 2.45) is 0 Å². The number of ether oxygens (including phenoxy) is 1. The minimum absolute atomic E-state index is 0.500. The summed E-state index contributed by atoms with van der Waals surface area (Å²) >= 11 is 0. The van der Waals surface area contributed by atoms with Crippen LogP contribution >= 0.6 is 0 Å². The molecule has 1 unspecified atom stereocenters. The summed E-state index contributed by atoms with van der Waals surface area (Å²) in [7, 11) is 0. The first-order chi connectivity index (χ1) is 10.4. The minimum Gasteiger partial charge on any atom is -0.493 e. The average Bonchev–Trinajstić information content (AvgIpc) is 3.14. The van der Waals surface area contributed by atoms with Gasteiger partial charge in [-0.25, -0.2) is 4.98 Å². The summed E-state index contributed by atoms with van der Waals surface area (Å²) in [6.07, 6.45) is 8.94. The first-order valence-corrected chi connectivity index (χ1v) is 7.82. The molecule has 0 bridgehead atoms. The molecule has 1 aliphatic rings. The van der Waals surface area contributed by atoms with Crippen LogP contribution in [0.25, 0.3) is 0 Å². The normalized spacial score (nSPS) is 16.9. The van der Waals surface area contributed by atoms with Gasteiger partial charge in [-0.05, 0) is 43.0 Å². The van der Waals surface area contributed by atoms with Crippen molar-refractivity contribution in [2.45, 2.75) is 38.8 Å². The number of benzene rings is 1. The molecule has 0 radical (unpaired) electrons. The zero-order valence-electron chi connectivity index (χ0n) is 12.6. The van der Waals surface area contributed by atoms with E-state index in [9.17, 15) is 0 Å². The lowest BCUT2D eigenvalue weighted by Gasteiger charge is -2.14. The third-order valence-electron chi connectivity index (χ3n) is 4.06.